The highest BCUT2D eigenvalue weighted by Crippen LogP contribution is 2.31. The van der Waals surface area contributed by atoms with Gasteiger partial charge in [-0.05, 0) is 31.2 Å². The van der Waals surface area contributed by atoms with E-state index in [4.69, 9.17) is 9.57 Å². The van der Waals surface area contributed by atoms with Crippen LogP contribution in [0.3, 0.4) is 0 Å². The molecule has 172 valence electrons. The van der Waals surface area contributed by atoms with Crippen LogP contribution in [0.25, 0.3) is 21.8 Å². The van der Waals surface area contributed by atoms with Crippen LogP contribution >= 0.6 is 0 Å². The number of carbonyl (C=O) groups excluding carboxylic acids is 2. The molecule has 0 saturated carbocycles. The first-order chi connectivity index (χ1) is 16.1. The van der Waals surface area contributed by atoms with E-state index in [2.05, 4.69) is 40.7 Å². The number of rotatable bonds is 8. The number of para-hydroxylation sites is 1. The molecule has 1 aliphatic heterocycles. The fourth-order valence-electron chi connectivity index (χ4n) is 4.35. The van der Waals surface area contributed by atoms with Gasteiger partial charge in [0.2, 0.25) is 11.8 Å². The number of fused-ring (bicyclic) bond motifs is 3. The van der Waals surface area contributed by atoms with Crippen LogP contribution in [0.4, 0.5) is 5.69 Å². The summed E-state index contributed by atoms with van der Waals surface area (Å²) >= 11 is 0. The molecule has 0 spiro atoms. The van der Waals surface area contributed by atoms with Gasteiger partial charge >= 0.3 is 0 Å². The van der Waals surface area contributed by atoms with Crippen molar-refractivity contribution in [2.45, 2.75) is 25.9 Å². The molecule has 0 bridgehead atoms. The van der Waals surface area contributed by atoms with Crippen LogP contribution in [-0.4, -0.2) is 59.9 Å². The number of oxime groups is 1. The quantitative estimate of drug-likeness (QED) is 0.324. The molecule has 33 heavy (non-hydrogen) atoms. The normalized spacial score (nSPS) is 17.1. The number of anilines is 1. The van der Waals surface area contributed by atoms with E-state index < -0.39 is 6.04 Å². The minimum absolute atomic E-state index is 0.104. The summed E-state index contributed by atoms with van der Waals surface area (Å²) in [5, 5.41) is 9.26. The van der Waals surface area contributed by atoms with E-state index in [9.17, 15) is 9.59 Å². The number of hydrogen-bond acceptors (Lipinski definition) is 5. The first-order valence-corrected chi connectivity index (χ1v) is 11.0. The van der Waals surface area contributed by atoms with E-state index in [1.165, 1.54) is 12.0 Å². The van der Waals surface area contributed by atoms with Crippen LogP contribution in [0.2, 0.25) is 0 Å². The summed E-state index contributed by atoms with van der Waals surface area (Å²) < 4.78 is 7.24. The molecule has 2 aromatic carbocycles. The maximum absolute atomic E-state index is 13.2. The number of carbonyl (C=O) groups is 2. The molecule has 1 saturated heterocycles. The van der Waals surface area contributed by atoms with Crippen molar-refractivity contribution in [3.8, 4) is 0 Å². The molecule has 1 atom stereocenters. The second-order valence-electron chi connectivity index (χ2n) is 7.90. The molecule has 3 aromatic rings. The van der Waals surface area contributed by atoms with Crippen molar-refractivity contribution >= 4 is 45.0 Å². The highest BCUT2D eigenvalue weighted by molar-refractivity contribution is 6.11. The van der Waals surface area contributed by atoms with Crippen LogP contribution in [0.1, 0.15) is 13.3 Å². The number of hydrogen-bond donors (Lipinski definition) is 1. The number of ether oxygens (including phenoxy) is 1. The Balaban J connectivity index is 1.60. The van der Waals surface area contributed by atoms with Gasteiger partial charge in [-0.2, -0.15) is 0 Å². The Morgan fingerprint density at radius 3 is 2.76 bits per heavy atom. The summed E-state index contributed by atoms with van der Waals surface area (Å²) in [5.74, 6) is -0.542. The van der Waals surface area contributed by atoms with Crippen molar-refractivity contribution < 1.29 is 19.2 Å². The summed E-state index contributed by atoms with van der Waals surface area (Å²) in [6.07, 6.45) is 1.89. The fourth-order valence-corrected chi connectivity index (χ4v) is 4.35. The molecule has 0 radical (unpaired) electrons. The Kier molecular flexibility index (Phi) is 6.74. The zero-order chi connectivity index (χ0) is 23.4. The smallest absolute Gasteiger partial charge is 0.249 e. The summed E-state index contributed by atoms with van der Waals surface area (Å²) in [4.78, 5) is 32.4. The average Bonchev–Trinajstić information content (AvgIpc) is 3.39. The lowest BCUT2D eigenvalue weighted by molar-refractivity contribution is -0.139. The van der Waals surface area contributed by atoms with Gasteiger partial charge in [0.1, 0.15) is 19.3 Å². The van der Waals surface area contributed by atoms with Gasteiger partial charge in [-0.25, -0.2) is 0 Å². The number of amides is 2. The zero-order valence-corrected chi connectivity index (χ0v) is 18.9. The molecule has 1 aliphatic rings. The maximum Gasteiger partial charge on any atom is 0.249 e. The predicted molar refractivity (Wildman–Crippen MR) is 129 cm³/mol. The predicted octanol–water partition coefficient (Wildman–Crippen LogP) is 3.56. The van der Waals surface area contributed by atoms with Gasteiger partial charge in [0.25, 0.3) is 0 Å². The van der Waals surface area contributed by atoms with E-state index in [0.29, 0.717) is 17.8 Å². The van der Waals surface area contributed by atoms with Crippen molar-refractivity contribution in [2.75, 3.05) is 32.2 Å². The maximum atomic E-state index is 13.2. The Morgan fingerprint density at radius 2 is 2.00 bits per heavy atom. The van der Waals surface area contributed by atoms with E-state index in [0.717, 1.165) is 28.4 Å². The molecule has 8 heteroatoms. The lowest BCUT2D eigenvalue weighted by Gasteiger charge is -2.23. The number of nitrogens with zero attached hydrogens (tertiary/aromatic N) is 3. The molecule has 1 aromatic heterocycles. The van der Waals surface area contributed by atoms with Crippen LogP contribution < -0.4 is 5.32 Å². The van der Waals surface area contributed by atoms with E-state index >= 15 is 0 Å². The van der Waals surface area contributed by atoms with Gasteiger partial charge in [0.05, 0.1) is 12.3 Å². The second kappa shape index (κ2) is 9.87. The standard InChI is InChI=1S/C25H28N4O4/c1-4-12-33-27-18-14-23(29(15-18)24(30)16-32-3)25(31)26-17-10-11-22-20(13-17)19-8-6-7-9-21(19)28(22)5-2/h4,6-11,13,23H,1,5,12,14-16H2,2-3H3,(H,26,31)/t23-/m0/s1. The first kappa shape index (κ1) is 22.5. The number of aryl methyl sites for hydroxylation is 1. The molecular weight excluding hydrogens is 420 g/mol. The topological polar surface area (TPSA) is 85.2 Å². The van der Waals surface area contributed by atoms with Crippen molar-refractivity contribution in [3.05, 3.63) is 55.1 Å². The average molecular weight is 449 g/mol. The van der Waals surface area contributed by atoms with Crippen molar-refractivity contribution in [3.63, 3.8) is 0 Å². The second-order valence-corrected chi connectivity index (χ2v) is 7.90. The van der Waals surface area contributed by atoms with Crippen LogP contribution in [-0.2, 0) is 25.7 Å². The summed E-state index contributed by atoms with van der Waals surface area (Å²) in [7, 11) is 1.45. The van der Waals surface area contributed by atoms with Crippen LogP contribution in [0.5, 0.6) is 0 Å². The van der Waals surface area contributed by atoms with Gasteiger partial charge in [0.15, 0.2) is 0 Å². The van der Waals surface area contributed by atoms with Gasteiger partial charge in [-0.3, -0.25) is 9.59 Å². The van der Waals surface area contributed by atoms with Crippen molar-refractivity contribution in [1.29, 1.82) is 0 Å². The Hall–Kier alpha value is -3.65. The minimum atomic E-state index is -0.689. The molecule has 8 nitrogen and oxygen atoms in total. The van der Waals surface area contributed by atoms with E-state index in [-0.39, 0.29) is 31.6 Å². The van der Waals surface area contributed by atoms with Gasteiger partial charge in [-0.15, -0.1) is 0 Å². The molecule has 1 N–H and O–H groups in total. The fraction of sp³-hybridized carbons (Fsp3) is 0.320. The lowest BCUT2D eigenvalue weighted by atomic mass is 10.1. The largest absolute Gasteiger partial charge is 0.392 e. The Bertz CT molecular complexity index is 1230. The summed E-state index contributed by atoms with van der Waals surface area (Å²) in [5.41, 5.74) is 3.58. The molecule has 4 rings (SSSR count). The van der Waals surface area contributed by atoms with Gasteiger partial charge < -0.3 is 24.4 Å². The third kappa shape index (κ3) is 4.47. The summed E-state index contributed by atoms with van der Waals surface area (Å²) in [6, 6.07) is 13.4. The first-order valence-electron chi connectivity index (χ1n) is 11.0. The zero-order valence-electron chi connectivity index (χ0n) is 18.9. The molecule has 0 unspecified atom stereocenters. The highest BCUT2D eigenvalue weighted by Gasteiger charge is 2.38. The summed E-state index contributed by atoms with van der Waals surface area (Å²) in [6.45, 7) is 6.94. The van der Waals surface area contributed by atoms with E-state index in [1.807, 2.05) is 30.3 Å². The third-order valence-electron chi connectivity index (χ3n) is 5.79. The number of nitrogens with one attached hydrogen (secondary N) is 1. The number of aromatic nitrogens is 1. The minimum Gasteiger partial charge on any atom is -0.392 e. The van der Waals surface area contributed by atoms with Gasteiger partial charge in [-0.1, -0.05) is 36.0 Å². The molecular formula is C25H28N4O4. The number of likely N-dealkylation sites (tertiary alicyclic amines) is 1. The van der Waals surface area contributed by atoms with Crippen molar-refractivity contribution in [2.24, 2.45) is 5.16 Å². The Labute approximate surface area is 192 Å². The van der Waals surface area contributed by atoms with Gasteiger partial charge in [0, 0.05) is 47.6 Å². The molecule has 2 heterocycles. The number of methoxy groups -OCH3 is 1. The monoisotopic (exact) mass is 448 g/mol. The molecule has 0 aliphatic carbocycles. The van der Waals surface area contributed by atoms with Crippen molar-refractivity contribution in [1.82, 2.24) is 9.47 Å². The van der Waals surface area contributed by atoms with Crippen LogP contribution in [0, 0.1) is 0 Å². The van der Waals surface area contributed by atoms with E-state index in [1.54, 1.807) is 6.08 Å². The highest BCUT2D eigenvalue weighted by atomic mass is 16.6. The lowest BCUT2D eigenvalue weighted by Crippen LogP contribution is -2.44. The third-order valence-corrected chi connectivity index (χ3v) is 5.79. The number of benzene rings is 2. The Morgan fingerprint density at radius 1 is 1.21 bits per heavy atom. The SMILES string of the molecule is C=CCON=C1C[C@@H](C(=O)Nc2ccc3c(c2)c2ccccc2n3CC)N(C(=O)COC)C1. The molecule has 1 fully saturated rings. The molecule has 2 amide bonds. The van der Waals surface area contributed by atoms with Crippen LogP contribution in [0.15, 0.2) is 60.3 Å².